The largest absolute Gasteiger partial charge is 0.459 e. The van der Waals surface area contributed by atoms with Gasteiger partial charge in [0.2, 0.25) is 0 Å². The van der Waals surface area contributed by atoms with Crippen molar-refractivity contribution in [2.24, 2.45) is 11.1 Å². The highest BCUT2D eigenvalue weighted by molar-refractivity contribution is 5.88. The summed E-state index contributed by atoms with van der Waals surface area (Å²) in [6.45, 7) is 7.48. The zero-order valence-electron chi connectivity index (χ0n) is 14.9. The molecule has 0 spiro atoms. The van der Waals surface area contributed by atoms with Crippen LogP contribution in [0, 0.1) is 18.2 Å². The van der Waals surface area contributed by atoms with Gasteiger partial charge in [-0.2, -0.15) is 0 Å². The molecule has 0 amide bonds. The van der Waals surface area contributed by atoms with Crippen molar-refractivity contribution in [3.05, 3.63) is 41.2 Å². The Labute approximate surface area is 143 Å². The number of benzene rings is 1. The van der Waals surface area contributed by atoms with Crippen molar-refractivity contribution >= 4 is 11.5 Å². The number of nitrogens with two attached hydrogens (primary N) is 1. The van der Waals surface area contributed by atoms with Gasteiger partial charge in [-0.15, -0.1) is 0 Å². The number of hydrogen-bond donors (Lipinski definition) is 1. The van der Waals surface area contributed by atoms with Crippen molar-refractivity contribution < 1.29 is 13.9 Å². The third-order valence-electron chi connectivity index (χ3n) is 5.29. The van der Waals surface area contributed by atoms with E-state index in [4.69, 9.17) is 10.5 Å². The fourth-order valence-corrected chi connectivity index (χ4v) is 3.91. The van der Waals surface area contributed by atoms with Gasteiger partial charge in [0.05, 0.1) is 5.41 Å². The minimum absolute atomic E-state index is 0.219. The number of halogens is 1. The average Bonchev–Trinajstić information content (AvgIpc) is 2.46. The maximum atomic E-state index is 14.5. The van der Waals surface area contributed by atoms with Crippen LogP contribution in [-0.4, -0.2) is 17.1 Å². The molecule has 2 bridgehead atoms. The second-order valence-electron chi connectivity index (χ2n) is 8.30. The first-order valence-corrected chi connectivity index (χ1v) is 8.58. The summed E-state index contributed by atoms with van der Waals surface area (Å²) in [5.41, 5.74) is 6.99. The monoisotopic (exact) mass is 331 g/mol. The Morgan fingerprint density at radius 2 is 1.83 bits per heavy atom. The maximum absolute atomic E-state index is 14.5. The van der Waals surface area contributed by atoms with Crippen LogP contribution in [0.2, 0.25) is 0 Å². The van der Waals surface area contributed by atoms with Crippen LogP contribution >= 0.6 is 0 Å². The molecule has 1 aromatic rings. The molecule has 2 N–H and O–H groups in total. The van der Waals surface area contributed by atoms with Gasteiger partial charge in [-0.3, -0.25) is 4.79 Å². The Morgan fingerprint density at radius 1 is 1.21 bits per heavy atom. The van der Waals surface area contributed by atoms with Gasteiger partial charge >= 0.3 is 5.97 Å². The van der Waals surface area contributed by atoms with Crippen molar-refractivity contribution in [2.45, 2.75) is 64.5 Å². The lowest BCUT2D eigenvalue weighted by atomic mass is 9.57. The summed E-state index contributed by atoms with van der Waals surface area (Å²) < 4.78 is 20.2. The number of esters is 1. The average molecular weight is 331 g/mol. The molecule has 1 fully saturated rings. The second-order valence-corrected chi connectivity index (χ2v) is 8.30. The molecule has 0 unspecified atom stereocenters. The number of carbonyl (C=O) groups excluding carboxylic acids is 1. The fourth-order valence-electron chi connectivity index (χ4n) is 3.91. The summed E-state index contributed by atoms with van der Waals surface area (Å²) in [5, 5.41) is 0. The minimum atomic E-state index is -0.682. The highest BCUT2D eigenvalue weighted by Gasteiger charge is 2.53. The Kier molecular flexibility index (Phi) is 3.87. The number of rotatable bonds is 2. The summed E-state index contributed by atoms with van der Waals surface area (Å²) in [5.74, 6) is -0.499. The Hall–Kier alpha value is -1.68. The minimum Gasteiger partial charge on any atom is -0.459 e. The van der Waals surface area contributed by atoms with Crippen LogP contribution < -0.4 is 5.73 Å². The van der Waals surface area contributed by atoms with E-state index in [9.17, 15) is 9.18 Å². The van der Waals surface area contributed by atoms with E-state index in [1.54, 1.807) is 6.07 Å². The third kappa shape index (κ3) is 2.77. The maximum Gasteiger partial charge on any atom is 0.316 e. The van der Waals surface area contributed by atoms with E-state index < -0.39 is 16.6 Å². The first-order valence-electron chi connectivity index (χ1n) is 8.58. The van der Waals surface area contributed by atoms with Gasteiger partial charge in [0, 0.05) is 11.1 Å². The first kappa shape index (κ1) is 17.2. The lowest BCUT2D eigenvalue weighted by Gasteiger charge is -2.50. The summed E-state index contributed by atoms with van der Waals surface area (Å²) in [6, 6.07) is 5.03. The number of carbonyl (C=O) groups is 1. The van der Waals surface area contributed by atoms with Gasteiger partial charge in [-0.05, 0) is 70.6 Å². The highest BCUT2D eigenvalue weighted by Crippen LogP contribution is 2.54. The number of fused-ring (bicyclic) bond motifs is 2. The van der Waals surface area contributed by atoms with Crippen LogP contribution in [0.15, 0.2) is 24.3 Å². The Morgan fingerprint density at radius 3 is 2.38 bits per heavy atom. The standard InChI is InChI=1S/C20H26FNO2/c1-13-6-5-7-15(21)16(13)14-12-19(17(23)24-18(2,3)4)8-10-20(14,22)11-9-19/h5-7,12H,8-11,22H2,1-4H3. The van der Waals surface area contributed by atoms with Crippen LogP contribution in [0.3, 0.4) is 0 Å². The summed E-state index contributed by atoms with van der Waals surface area (Å²) in [6.07, 6.45) is 4.57. The number of hydrogen-bond acceptors (Lipinski definition) is 3. The smallest absolute Gasteiger partial charge is 0.316 e. The van der Waals surface area contributed by atoms with Crippen molar-refractivity contribution in [1.82, 2.24) is 0 Å². The molecule has 3 aliphatic rings. The van der Waals surface area contributed by atoms with Crippen molar-refractivity contribution in [2.75, 3.05) is 0 Å². The molecule has 0 aliphatic heterocycles. The van der Waals surface area contributed by atoms with Crippen molar-refractivity contribution in [3.63, 3.8) is 0 Å². The molecule has 0 saturated heterocycles. The molecule has 130 valence electrons. The molecule has 4 heteroatoms. The summed E-state index contributed by atoms with van der Waals surface area (Å²) >= 11 is 0. The quantitative estimate of drug-likeness (QED) is 0.829. The lowest BCUT2D eigenvalue weighted by molar-refractivity contribution is -0.167. The van der Waals surface area contributed by atoms with Gasteiger partial charge in [-0.1, -0.05) is 18.2 Å². The summed E-state index contributed by atoms with van der Waals surface area (Å²) in [7, 11) is 0. The molecule has 0 atom stereocenters. The molecule has 4 rings (SSSR count). The van der Waals surface area contributed by atoms with E-state index in [-0.39, 0.29) is 11.8 Å². The molecular formula is C20H26FNO2. The fraction of sp³-hybridized carbons (Fsp3) is 0.550. The van der Waals surface area contributed by atoms with Crippen LogP contribution in [0.5, 0.6) is 0 Å². The highest BCUT2D eigenvalue weighted by atomic mass is 19.1. The topological polar surface area (TPSA) is 52.3 Å². The van der Waals surface area contributed by atoms with Gasteiger partial charge in [0.1, 0.15) is 11.4 Å². The summed E-state index contributed by atoms with van der Waals surface area (Å²) in [4.78, 5) is 12.8. The van der Waals surface area contributed by atoms with E-state index in [0.717, 1.165) is 11.1 Å². The van der Waals surface area contributed by atoms with Crippen LogP contribution in [0.4, 0.5) is 4.39 Å². The molecule has 3 nitrogen and oxygen atoms in total. The Bertz CT molecular complexity index is 687. The van der Waals surface area contributed by atoms with E-state index in [1.165, 1.54) is 6.07 Å². The molecule has 24 heavy (non-hydrogen) atoms. The van der Waals surface area contributed by atoms with E-state index in [2.05, 4.69) is 0 Å². The molecule has 1 saturated carbocycles. The molecular weight excluding hydrogens is 305 g/mol. The molecule has 1 aromatic carbocycles. The predicted molar refractivity (Wildman–Crippen MR) is 92.8 cm³/mol. The number of aryl methyl sites for hydroxylation is 1. The lowest BCUT2D eigenvalue weighted by Crippen LogP contribution is -2.54. The van der Waals surface area contributed by atoms with Crippen LogP contribution in [-0.2, 0) is 9.53 Å². The van der Waals surface area contributed by atoms with Crippen LogP contribution in [0.25, 0.3) is 5.57 Å². The van der Waals surface area contributed by atoms with E-state index >= 15 is 0 Å². The van der Waals surface area contributed by atoms with Gasteiger partial charge in [0.25, 0.3) is 0 Å². The van der Waals surface area contributed by atoms with E-state index in [0.29, 0.717) is 31.2 Å². The first-order chi connectivity index (χ1) is 11.1. The zero-order valence-corrected chi connectivity index (χ0v) is 14.9. The molecule has 0 heterocycles. The molecule has 3 aliphatic carbocycles. The third-order valence-corrected chi connectivity index (χ3v) is 5.29. The SMILES string of the molecule is Cc1cccc(F)c1C1=CC2(C(=O)OC(C)(C)C)CCC1(N)CC2. The van der Waals surface area contributed by atoms with Gasteiger partial charge < -0.3 is 10.5 Å². The van der Waals surface area contributed by atoms with Crippen molar-refractivity contribution in [3.8, 4) is 0 Å². The Balaban J connectivity index is 2.09. The predicted octanol–water partition coefficient (Wildman–Crippen LogP) is 4.13. The van der Waals surface area contributed by atoms with Crippen molar-refractivity contribution in [1.29, 1.82) is 0 Å². The second kappa shape index (κ2) is 5.41. The van der Waals surface area contributed by atoms with Crippen LogP contribution in [0.1, 0.15) is 57.6 Å². The van der Waals surface area contributed by atoms with Gasteiger partial charge in [0.15, 0.2) is 0 Å². The van der Waals surface area contributed by atoms with Gasteiger partial charge in [-0.25, -0.2) is 4.39 Å². The zero-order chi connectivity index (χ0) is 17.8. The molecule has 0 aromatic heterocycles. The van der Waals surface area contributed by atoms with E-state index in [1.807, 2.05) is 39.8 Å². The normalized spacial score (nSPS) is 29.3. The number of ether oxygens (including phenoxy) is 1. The molecule has 0 radical (unpaired) electrons.